The number of hydrogen-bond acceptors (Lipinski definition) is 3. The van der Waals surface area contributed by atoms with Crippen LogP contribution in [0.1, 0.15) is 28.2 Å². The van der Waals surface area contributed by atoms with Crippen LogP contribution in [0.4, 0.5) is 0 Å². The molecule has 0 aromatic heterocycles. The van der Waals surface area contributed by atoms with Gasteiger partial charge in [0.25, 0.3) is 5.91 Å². The van der Waals surface area contributed by atoms with Gasteiger partial charge in [0.1, 0.15) is 12.4 Å². The van der Waals surface area contributed by atoms with Crippen LogP contribution in [0.3, 0.4) is 0 Å². The number of hydrogen-bond donors (Lipinski definition) is 1. The Balaban J connectivity index is 1.26. The summed E-state index contributed by atoms with van der Waals surface area (Å²) in [7, 11) is 0. The Labute approximate surface area is 210 Å². The summed E-state index contributed by atoms with van der Waals surface area (Å²) in [6.07, 6.45) is 1.63. The van der Waals surface area contributed by atoms with Crippen molar-refractivity contribution >= 4 is 22.9 Å². The van der Waals surface area contributed by atoms with E-state index in [-0.39, 0.29) is 5.91 Å². The van der Waals surface area contributed by atoms with Gasteiger partial charge in [0, 0.05) is 0 Å². The van der Waals surface area contributed by atoms with Crippen molar-refractivity contribution in [1.82, 2.24) is 5.43 Å². The largest absolute Gasteiger partial charge is 0.489 e. The third-order valence-electron chi connectivity index (χ3n) is 6.05. The van der Waals surface area contributed by atoms with Crippen LogP contribution < -0.4 is 10.2 Å². The molecule has 0 aliphatic rings. The normalized spacial score (nSPS) is 11.1. The molecule has 0 heterocycles. The Morgan fingerprint density at radius 2 is 1.39 bits per heavy atom. The van der Waals surface area contributed by atoms with Crippen molar-refractivity contribution < 1.29 is 9.53 Å². The van der Waals surface area contributed by atoms with Crippen LogP contribution in [0.5, 0.6) is 5.75 Å². The van der Waals surface area contributed by atoms with Crippen molar-refractivity contribution in [3.05, 3.63) is 150 Å². The van der Waals surface area contributed by atoms with Crippen LogP contribution in [0.15, 0.2) is 132 Å². The second-order valence-corrected chi connectivity index (χ2v) is 8.49. The standard InChI is InChI=1S/C32H26N2O2/c35-32(31(26-13-3-1-4-14-26)27-15-5-2-6-16-27)34-33-22-24-11-9-19-29(21-24)36-23-28-18-10-17-25-12-7-8-20-30(25)28/h1-22,31H,23H2,(H,34,35)/b33-22-. The fourth-order valence-corrected chi connectivity index (χ4v) is 4.29. The molecule has 1 amide bonds. The molecule has 4 heteroatoms. The number of fused-ring (bicyclic) bond motifs is 1. The molecule has 5 aromatic rings. The summed E-state index contributed by atoms with van der Waals surface area (Å²) in [5.41, 5.74) is 6.52. The summed E-state index contributed by atoms with van der Waals surface area (Å²) in [6, 6.07) is 41.6. The quantitative estimate of drug-likeness (QED) is 0.203. The van der Waals surface area contributed by atoms with Gasteiger partial charge in [0.15, 0.2) is 0 Å². The van der Waals surface area contributed by atoms with Crippen molar-refractivity contribution in [2.45, 2.75) is 12.5 Å². The molecular formula is C32H26N2O2. The molecule has 1 N–H and O–H groups in total. The van der Waals surface area contributed by atoms with Crippen LogP contribution in [0.25, 0.3) is 10.8 Å². The highest BCUT2D eigenvalue weighted by Crippen LogP contribution is 2.25. The fraction of sp³-hybridized carbons (Fsp3) is 0.0625. The number of nitrogens with zero attached hydrogens (tertiary/aromatic N) is 1. The van der Waals surface area contributed by atoms with E-state index in [1.165, 1.54) is 10.8 Å². The van der Waals surface area contributed by atoms with Gasteiger partial charge in [-0.25, -0.2) is 5.43 Å². The van der Waals surface area contributed by atoms with Gasteiger partial charge in [-0.1, -0.05) is 115 Å². The molecule has 0 saturated heterocycles. The molecule has 5 rings (SSSR count). The van der Waals surface area contributed by atoms with Crippen molar-refractivity contribution in [2.75, 3.05) is 0 Å². The minimum absolute atomic E-state index is 0.188. The molecule has 0 saturated carbocycles. The van der Waals surface area contributed by atoms with E-state index in [1.807, 2.05) is 103 Å². The third-order valence-corrected chi connectivity index (χ3v) is 6.05. The first kappa shape index (κ1) is 23.1. The van der Waals surface area contributed by atoms with E-state index >= 15 is 0 Å². The van der Waals surface area contributed by atoms with Gasteiger partial charge in [-0.2, -0.15) is 5.10 Å². The molecule has 4 nitrogen and oxygen atoms in total. The molecule has 5 aromatic carbocycles. The van der Waals surface area contributed by atoms with Crippen LogP contribution in [-0.4, -0.2) is 12.1 Å². The molecule has 0 aliphatic heterocycles. The monoisotopic (exact) mass is 470 g/mol. The van der Waals surface area contributed by atoms with Gasteiger partial charge in [0.2, 0.25) is 0 Å². The molecule has 0 spiro atoms. The van der Waals surface area contributed by atoms with Crippen molar-refractivity contribution in [3.63, 3.8) is 0 Å². The average molecular weight is 471 g/mol. The van der Waals surface area contributed by atoms with E-state index in [0.29, 0.717) is 6.61 Å². The second-order valence-electron chi connectivity index (χ2n) is 8.49. The highest BCUT2D eigenvalue weighted by molar-refractivity contribution is 5.89. The molecule has 0 aliphatic carbocycles. The Bertz CT molecular complexity index is 1440. The highest BCUT2D eigenvalue weighted by atomic mass is 16.5. The summed E-state index contributed by atoms with van der Waals surface area (Å²) in [6.45, 7) is 0.467. The van der Waals surface area contributed by atoms with Crippen LogP contribution in [-0.2, 0) is 11.4 Å². The first-order valence-electron chi connectivity index (χ1n) is 11.9. The van der Waals surface area contributed by atoms with E-state index in [1.54, 1.807) is 6.21 Å². The zero-order chi connectivity index (χ0) is 24.6. The Hall–Kier alpha value is -4.70. The molecule has 176 valence electrons. The molecular weight excluding hydrogens is 444 g/mol. The zero-order valence-corrected chi connectivity index (χ0v) is 19.7. The highest BCUT2D eigenvalue weighted by Gasteiger charge is 2.22. The molecule has 36 heavy (non-hydrogen) atoms. The summed E-state index contributed by atoms with van der Waals surface area (Å²) < 4.78 is 6.07. The molecule has 0 bridgehead atoms. The third kappa shape index (κ3) is 5.50. The van der Waals surface area contributed by atoms with E-state index < -0.39 is 5.92 Å². The lowest BCUT2D eigenvalue weighted by Gasteiger charge is -2.16. The maximum atomic E-state index is 13.1. The van der Waals surface area contributed by atoms with E-state index in [4.69, 9.17) is 4.74 Å². The van der Waals surface area contributed by atoms with Gasteiger partial charge in [0.05, 0.1) is 12.1 Å². The van der Waals surface area contributed by atoms with E-state index in [9.17, 15) is 4.79 Å². The van der Waals surface area contributed by atoms with Crippen molar-refractivity contribution in [1.29, 1.82) is 0 Å². The van der Waals surface area contributed by atoms with E-state index in [0.717, 1.165) is 28.0 Å². The lowest BCUT2D eigenvalue weighted by molar-refractivity contribution is -0.121. The fourth-order valence-electron chi connectivity index (χ4n) is 4.29. The van der Waals surface area contributed by atoms with Gasteiger partial charge >= 0.3 is 0 Å². The number of ether oxygens (including phenoxy) is 1. The predicted molar refractivity (Wildman–Crippen MR) is 145 cm³/mol. The van der Waals surface area contributed by atoms with Crippen LogP contribution >= 0.6 is 0 Å². The lowest BCUT2D eigenvalue weighted by Crippen LogP contribution is -2.26. The first-order chi connectivity index (χ1) is 17.8. The number of hydrazone groups is 1. The molecule has 0 radical (unpaired) electrons. The smallest absolute Gasteiger partial charge is 0.252 e. The predicted octanol–water partition coefficient (Wildman–Crippen LogP) is 6.70. The number of amides is 1. The van der Waals surface area contributed by atoms with Gasteiger partial charge < -0.3 is 4.74 Å². The summed E-state index contributed by atoms with van der Waals surface area (Å²) in [5, 5.41) is 6.61. The summed E-state index contributed by atoms with van der Waals surface area (Å²) in [4.78, 5) is 13.1. The van der Waals surface area contributed by atoms with Gasteiger partial charge in [-0.3, -0.25) is 4.79 Å². The zero-order valence-electron chi connectivity index (χ0n) is 19.7. The number of benzene rings is 5. The van der Waals surface area contributed by atoms with Crippen molar-refractivity contribution in [2.24, 2.45) is 5.10 Å². The maximum absolute atomic E-state index is 13.1. The van der Waals surface area contributed by atoms with E-state index in [2.05, 4.69) is 34.8 Å². The second kappa shape index (κ2) is 11.2. The number of nitrogens with one attached hydrogen (secondary N) is 1. The number of rotatable bonds is 8. The molecule has 0 unspecified atom stereocenters. The number of carbonyl (C=O) groups excluding carboxylic acids is 1. The maximum Gasteiger partial charge on any atom is 0.252 e. The van der Waals surface area contributed by atoms with Crippen LogP contribution in [0, 0.1) is 0 Å². The first-order valence-corrected chi connectivity index (χ1v) is 11.9. The number of carbonyl (C=O) groups is 1. The SMILES string of the molecule is O=C(N/N=C\c1cccc(OCc2cccc3ccccc23)c1)C(c1ccccc1)c1ccccc1. The summed E-state index contributed by atoms with van der Waals surface area (Å²) >= 11 is 0. The Morgan fingerprint density at radius 3 is 2.14 bits per heavy atom. The Morgan fingerprint density at radius 1 is 0.750 bits per heavy atom. The Kier molecular flexibility index (Phi) is 7.14. The van der Waals surface area contributed by atoms with Gasteiger partial charge in [-0.05, 0) is 45.2 Å². The average Bonchev–Trinajstić information content (AvgIpc) is 2.93. The summed E-state index contributed by atoms with van der Waals surface area (Å²) in [5.74, 6) is 0.108. The minimum atomic E-state index is -0.445. The topological polar surface area (TPSA) is 50.7 Å². The minimum Gasteiger partial charge on any atom is -0.489 e. The van der Waals surface area contributed by atoms with Crippen LogP contribution in [0.2, 0.25) is 0 Å². The molecule has 0 fully saturated rings. The van der Waals surface area contributed by atoms with Crippen molar-refractivity contribution in [3.8, 4) is 5.75 Å². The lowest BCUT2D eigenvalue weighted by atomic mass is 9.91. The van der Waals surface area contributed by atoms with Gasteiger partial charge in [-0.15, -0.1) is 0 Å². The molecule has 0 atom stereocenters.